The maximum atomic E-state index is 12.0. The lowest BCUT2D eigenvalue weighted by atomic mass is 10.3. The Morgan fingerprint density at radius 2 is 2.24 bits per heavy atom. The molecular formula is C8H8ClF2N3O3. The van der Waals surface area contributed by atoms with Crippen molar-refractivity contribution in [3.63, 3.8) is 0 Å². The van der Waals surface area contributed by atoms with Gasteiger partial charge in [0, 0.05) is 12.6 Å². The lowest BCUT2D eigenvalue weighted by Gasteiger charge is -2.11. The summed E-state index contributed by atoms with van der Waals surface area (Å²) < 4.78 is 24.0. The highest BCUT2D eigenvalue weighted by molar-refractivity contribution is 6.29. The third-order valence-electron chi connectivity index (χ3n) is 1.81. The average molecular weight is 268 g/mol. The molecule has 1 aromatic rings. The van der Waals surface area contributed by atoms with Crippen LogP contribution in [-0.4, -0.2) is 34.1 Å². The third kappa shape index (κ3) is 3.75. The predicted octanol–water partition coefficient (Wildman–Crippen LogP) is 1.68. The number of aromatic nitrogens is 1. The van der Waals surface area contributed by atoms with E-state index >= 15 is 0 Å². The molecule has 17 heavy (non-hydrogen) atoms. The molecule has 0 bridgehead atoms. The minimum Gasteiger partial charge on any atom is -0.385 e. The predicted molar refractivity (Wildman–Crippen MR) is 56.4 cm³/mol. The summed E-state index contributed by atoms with van der Waals surface area (Å²) in [6.45, 7) is -0.564. The molecular weight excluding hydrogens is 260 g/mol. The van der Waals surface area contributed by atoms with Gasteiger partial charge in [-0.25, -0.2) is 13.8 Å². The fourth-order valence-corrected chi connectivity index (χ4v) is 1.14. The van der Waals surface area contributed by atoms with E-state index in [1.165, 1.54) is 6.07 Å². The molecule has 0 aliphatic rings. The van der Waals surface area contributed by atoms with Crippen molar-refractivity contribution in [1.82, 2.24) is 4.98 Å². The number of anilines is 1. The Hall–Kier alpha value is -1.54. The molecule has 0 fully saturated rings. The van der Waals surface area contributed by atoms with Gasteiger partial charge in [-0.1, -0.05) is 11.6 Å². The molecule has 0 amide bonds. The monoisotopic (exact) mass is 267 g/mol. The zero-order chi connectivity index (χ0) is 13.0. The molecule has 6 nitrogen and oxygen atoms in total. The standard InChI is InChI=1S/C8H8ClF2N3O3/c9-6-2-1-4(14(16)17)8(13-6)12-3-5(15)7(10)11/h1-2,5,7,15H,3H2,(H,12,13). The van der Waals surface area contributed by atoms with Crippen molar-refractivity contribution in [2.24, 2.45) is 0 Å². The highest BCUT2D eigenvalue weighted by Crippen LogP contribution is 2.23. The van der Waals surface area contributed by atoms with Crippen molar-refractivity contribution < 1.29 is 18.8 Å². The highest BCUT2D eigenvalue weighted by Gasteiger charge is 2.20. The number of alkyl halides is 2. The minimum absolute atomic E-state index is 0.0235. The number of halogens is 3. The van der Waals surface area contributed by atoms with E-state index in [2.05, 4.69) is 10.3 Å². The van der Waals surface area contributed by atoms with Crippen LogP contribution in [0.1, 0.15) is 0 Å². The van der Waals surface area contributed by atoms with Crippen molar-refractivity contribution in [1.29, 1.82) is 0 Å². The van der Waals surface area contributed by atoms with Crippen LogP contribution in [0.2, 0.25) is 5.15 Å². The van der Waals surface area contributed by atoms with E-state index in [9.17, 15) is 18.9 Å². The Morgan fingerprint density at radius 1 is 1.59 bits per heavy atom. The van der Waals surface area contributed by atoms with E-state index in [0.717, 1.165) is 6.07 Å². The molecule has 0 aliphatic carbocycles. The van der Waals surface area contributed by atoms with Crippen molar-refractivity contribution >= 4 is 23.1 Å². The number of aliphatic hydroxyl groups excluding tert-OH is 1. The van der Waals surface area contributed by atoms with Gasteiger partial charge in [0.15, 0.2) is 0 Å². The summed E-state index contributed by atoms with van der Waals surface area (Å²) in [5, 5.41) is 21.7. The van der Waals surface area contributed by atoms with E-state index in [4.69, 9.17) is 16.7 Å². The number of hydrogen-bond donors (Lipinski definition) is 2. The zero-order valence-corrected chi connectivity index (χ0v) is 9.06. The highest BCUT2D eigenvalue weighted by atomic mass is 35.5. The maximum Gasteiger partial charge on any atom is 0.311 e. The second-order valence-electron chi connectivity index (χ2n) is 3.04. The Bertz CT molecular complexity index is 419. The lowest BCUT2D eigenvalue weighted by molar-refractivity contribution is -0.384. The van der Waals surface area contributed by atoms with E-state index in [1.54, 1.807) is 0 Å². The van der Waals surface area contributed by atoms with Gasteiger partial charge in [-0.05, 0) is 6.07 Å². The number of aliphatic hydroxyl groups is 1. The van der Waals surface area contributed by atoms with Gasteiger partial charge in [0.1, 0.15) is 11.3 Å². The van der Waals surface area contributed by atoms with Crippen molar-refractivity contribution in [3.05, 3.63) is 27.4 Å². The van der Waals surface area contributed by atoms with E-state index in [0.29, 0.717) is 0 Å². The first-order chi connectivity index (χ1) is 7.91. The Kier molecular flexibility index (Phi) is 4.53. The van der Waals surface area contributed by atoms with Crippen molar-refractivity contribution in [3.8, 4) is 0 Å². The second-order valence-corrected chi connectivity index (χ2v) is 3.43. The molecule has 94 valence electrons. The van der Waals surface area contributed by atoms with Crippen LogP contribution in [0.5, 0.6) is 0 Å². The quantitative estimate of drug-likeness (QED) is 0.481. The van der Waals surface area contributed by atoms with Gasteiger partial charge < -0.3 is 10.4 Å². The summed E-state index contributed by atoms with van der Waals surface area (Å²) >= 11 is 5.52. The summed E-state index contributed by atoms with van der Waals surface area (Å²) in [7, 11) is 0. The summed E-state index contributed by atoms with van der Waals surface area (Å²) in [6.07, 6.45) is -4.88. The van der Waals surface area contributed by atoms with Crippen LogP contribution in [0.4, 0.5) is 20.3 Å². The first-order valence-electron chi connectivity index (χ1n) is 4.43. The molecule has 9 heteroatoms. The average Bonchev–Trinajstić information content (AvgIpc) is 2.25. The maximum absolute atomic E-state index is 12.0. The molecule has 2 N–H and O–H groups in total. The van der Waals surface area contributed by atoms with Gasteiger partial charge in [-0.2, -0.15) is 0 Å². The summed E-state index contributed by atoms with van der Waals surface area (Å²) in [5.41, 5.74) is -0.407. The third-order valence-corrected chi connectivity index (χ3v) is 2.02. The largest absolute Gasteiger partial charge is 0.385 e. The van der Waals surface area contributed by atoms with Crippen LogP contribution < -0.4 is 5.32 Å². The number of pyridine rings is 1. The topological polar surface area (TPSA) is 88.3 Å². The van der Waals surface area contributed by atoms with Gasteiger partial charge in [0.05, 0.1) is 4.92 Å². The van der Waals surface area contributed by atoms with Crippen molar-refractivity contribution in [2.75, 3.05) is 11.9 Å². The number of nitrogens with zero attached hydrogens (tertiary/aromatic N) is 2. The van der Waals surface area contributed by atoms with Gasteiger partial charge in [-0.3, -0.25) is 10.1 Å². The van der Waals surface area contributed by atoms with Crippen LogP contribution >= 0.6 is 11.6 Å². The summed E-state index contributed by atoms with van der Waals surface area (Å²) in [4.78, 5) is 13.4. The van der Waals surface area contributed by atoms with Crippen LogP contribution in [0, 0.1) is 10.1 Å². The van der Waals surface area contributed by atoms with E-state index in [-0.39, 0.29) is 11.0 Å². The fraction of sp³-hybridized carbons (Fsp3) is 0.375. The normalized spacial score (nSPS) is 12.5. The van der Waals surface area contributed by atoms with Gasteiger partial charge in [0.25, 0.3) is 6.43 Å². The minimum atomic E-state index is -2.94. The number of nitrogens with one attached hydrogen (secondary N) is 1. The van der Waals surface area contributed by atoms with Gasteiger partial charge in [0.2, 0.25) is 5.82 Å². The van der Waals surface area contributed by atoms with Crippen LogP contribution in [-0.2, 0) is 0 Å². The van der Waals surface area contributed by atoms with Crippen LogP contribution in [0.25, 0.3) is 0 Å². The van der Waals surface area contributed by atoms with Gasteiger partial charge in [-0.15, -0.1) is 0 Å². The fourth-order valence-electron chi connectivity index (χ4n) is 0.996. The Balaban J connectivity index is 2.82. The Morgan fingerprint density at radius 3 is 2.76 bits per heavy atom. The molecule has 0 spiro atoms. The first-order valence-corrected chi connectivity index (χ1v) is 4.80. The number of nitro groups is 1. The van der Waals surface area contributed by atoms with Crippen LogP contribution in [0.3, 0.4) is 0 Å². The number of rotatable bonds is 5. The van der Waals surface area contributed by atoms with Gasteiger partial charge >= 0.3 is 5.69 Å². The molecule has 1 atom stereocenters. The molecule has 1 unspecified atom stereocenters. The SMILES string of the molecule is O=[N+]([O-])c1ccc(Cl)nc1NCC(O)C(F)F. The lowest BCUT2D eigenvalue weighted by Crippen LogP contribution is -2.27. The van der Waals surface area contributed by atoms with E-state index < -0.39 is 29.7 Å². The molecule has 0 aliphatic heterocycles. The summed E-state index contributed by atoms with van der Waals surface area (Å²) in [6, 6.07) is 2.29. The zero-order valence-electron chi connectivity index (χ0n) is 8.31. The van der Waals surface area contributed by atoms with Crippen LogP contribution in [0.15, 0.2) is 12.1 Å². The molecule has 1 heterocycles. The molecule has 0 radical (unpaired) electrons. The molecule has 0 aromatic carbocycles. The first kappa shape index (κ1) is 13.5. The Labute approximate surface area is 99.4 Å². The molecule has 0 saturated carbocycles. The number of hydrogen-bond acceptors (Lipinski definition) is 5. The smallest absolute Gasteiger partial charge is 0.311 e. The van der Waals surface area contributed by atoms with E-state index in [1.807, 2.05) is 0 Å². The molecule has 1 aromatic heterocycles. The van der Waals surface area contributed by atoms with Crippen molar-refractivity contribution in [2.45, 2.75) is 12.5 Å². The molecule has 1 rings (SSSR count). The summed E-state index contributed by atoms with van der Waals surface area (Å²) in [5.74, 6) is -0.262. The second kappa shape index (κ2) is 5.69. The molecule has 0 saturated heterocycles.